The fraction of sp³-hybridized carbons (Fsp3) is 0.231. The molecule has 2 N–H and O–H groups in total. The smallest absolute Gasteiger partial charge is 0.113 e. The number of halogens is 1. The molecule has 2 nitrogen and oxygen atoms in total. The second-order valence-corrected chi connectivity index (χ2v) is 5.03. The molecule has 0 saturated carbocycles. The molecule has 0 spiro atoms. The summed E-state index contributed by atoms with van der Waals surface area (Å²) in [6, 6.07) is 9.80. The number of benzene rings is 1. The van der Waals surface area contributed by atoms with Crippen LogP contribution >= 0.6 is 23.4 Å². The van der Waals surface area contributed by atoms with Crippen LogP contribution in [0.5, 0.6) is 0 Å². The SMILES string of the molecule is NCCc1cccc(Cl)c1SCc1ccco1. The lowest BCUT2D eigenvalue weighted by Crippen LogP contribution is -2.03. The third-order valence-electron chi connectivity index (χ3n) is 2.40. The van der Waals surface area contributed by atoms with E-state index in [4.69, 9.17) is 21.8 Å². The largest absolute Gasteiger partial charge is 0.468 e. The molecule has 0 fully saturated rings. The van der Waals surface area contributed by atoms with Gasteiger partial charge < -0.3 is 10.2 Å². The molecule has 2 aromatic rings. The first-order chi connectivity index (χ1) is 8.31. The Bertz CT molecular complexity index is 470. The van der Waals surface area contributed by atoms with E-state index >= 15 is 0 Å². The van der Waals surface area contributed by atoms with E-state index in [1.165, 1.54) is 5.56 Å². The number of rotatable bonds is 5. The highest BCUT2D eigenvalue weighted by molar-refractivity contribution is 7.98. The molecule has 17 heavy (non-hydrogen) atoms. The molecule has 4 heteroatoms. The van der Waals surface area contributed by atoms with Crippen LogP contribution in [0.4, 0.5) is 0 Å². The van der Waals surface area contributed by atoms with Gasteiger partial charge in [0.25, 0.3) is 0 Å². The highest BCUT2D eigenvalue weighted by Crippen LogP contribution is 2.33. The van der Waals surface area contributed by atoms with Gasteiger partial charge in [-0.2, -0.15) is 0 Å². The molecular formula is C13H14ClNOS. The maximum atomic E-state index is 6.21. The van der Waals surface area contributed by atoms with Gasteiger partial charge in [0, 0.05) is 4.90 Å². The molecule has 0 aliphatic heterocycles. The number of furan rings is 1. The Kier molecular flexibility index (Phi) is 4.54. The molecular weight excluding hydrogens is 254 g/mol. The Morgan fingerprint density at radius 1 is 1.24 bits per heavy atom. The first kappa shape index (κ1) is 12.6. The predicted octanol–water partition coefficient (Wildman–Crippen LogP) is 3.73. The topological polar surface area (TPSA) is 39.2 Å². The van der Waals surface area contributed by atoms with E-state index in [2.05, 4.69) is 6.07 Å². The second kappa shape index (κ2) is 6.15. The Balaban J connectivity index is 2.13. The van der Waals surface area contributed by atoms with Gasteiger partial charge in [0.2, 0.25) is 0 Å². The Morgan fingerprint density at radius 3 is 2.82 bits per heavy atom. The van der Waals surface area contributed by atoms with Crippen LogP contribution < -0.4 is 5.73 Å². The summed E-state index contributed by atoms with van der Waals surface area (Å²) < 4.78 is 5.31. The third-order valence-corrected chi connectivity index (χ3v) is 4.03. The summed E-state index contributed by atoms with van der Waals surface area (Å²) in [6.07, 6.45) is 2.53. The minimum atomic E-state index is 0.634. The van der Waals surface area contributed by atoms with Crippen molar-refractivity contribution in [2.24, 2.45) is 5.73 Å². The van der Waals surface area contributed by atoms with Crippen molar-refractivity contribution in [1.29, 1.82) is 0 Å². The summed E-state index contributed by atoms with van der Waals surface area (Å²) in [4.78, 5) is 1.11. The minimum Gasteiger partial charge on any atom is -0.468 e. The van der Waals surface area contributed by atoms with Crippen molar-refractivity contribution in [3.8, 4) is 0 Å². The molecule has 0 aliphatic rings. The van der Waals surface area contributed by atoms with E-state index in [-0.39, 0.29) is 0 Å². The van der Waals surface area contributed by atoms with Crippen molar-refractivity contribution in [2.45, 2.75) is 17.1 Å². The van der Waals surface area contributed by atoms with Crippen LogP contribution in [0.3, 0.4) is 0 Å². The average molecular weight is 268 g/mol. The molecule has 0 atom stereocenters. The summed E-state index contributed by atoms with van der Waals surface area (Å²) in [7, 11) is 0. The minimum absolute atomic E-state index is 0.634. The zero-order chi connectivity index (χ0) is 12.1. The van der Waals surface area contributed by atoms with Crippen molar-refractivity contribution in [3.05, 3.63) is 52.9 Å². The summed E-state index contributed by atoms with van der Waals surface area (Å²) in [5, 5.41) is 0.785. The van der Waals surface area contributed by atoms with Crippen molar-refractivity contribution >= 4 is 23.4 Å². The quantitative estimate of drug-likeness (QED) is 0.839. The predicted molar refractivity (Wildman–Crippen MR) is 72.5 cm³/mol. The first-order valence-corrected chi connectivity index (χ1v) is 6.80. The zero-order valence-electron chi connectivity index (χ0n) is 9.36. The summed E-state index contributed by atoms with van der Waals surface area (Å²) >= 11 is 7.90. The van der Waals surface area contributed by atoms with Gasteiger partial charge >= 0.3 is 0 Å². The molecule has 1 aromatic carbocycles. The molecule has 0 amide bonds. The molecule has 0 aliphatic carbocycles. The van der Waals surface area contributed by atoms with E-state index in [1.807, 2.05) is 24.3 Å². The van der Waals surface area contributed by atoms with Crippen LogP contribution in [0.2, 0.25) is 5.02 Å². The fourth-order valence-electron chi connectivity index (χ4n) is 1.61. The summed E-state index contributed by atoms with van der Waals surface area (Å²) in [5.41, 5.74) is 6.80. The van der Waals surface area contributed by atoms with E-state index in [0.29, 0.717) is 6.54 Å². The molecule has 2 rings (SSSR count). The van der Waals surface area contributed by atoms with Crippen LogP contribution in [0, 0.1) is 0 Å². The van der Waals surface area contributed by atoms with Crippen molar-refractivity contribution in [3.63, 3.8) is 0 Å². The van der Waals surface area contributed by atoms with E-state index in [0.717, 1.165) is 27.9 Å². The Morgan fingerprint density at radius 2 is 2.12 bits per heavy atom. The summed E-state index contributed by atoms with van der Waals surface area (Å²) in [5.74, 6) is 1.74. The summed E-state index contributed by atoms with van der Waals surface area (Å²) in [6.45, 7) is 0.634. The zero-order valence-corrected chi connectivity index (χ0v) is 10.9. The maximum Gasteiger partial charge on any atom is 0.113 e. The van der Waals surface area contributed by atoms with Gasteiger partial charge in [0.15, 0.2) is 0 Å². The van der Waals surface area contributed by atoms with Gasteiger partial charge in [-0.3, -0.25) is 0 Å². The third kappa shape index (κ3) is 3.28. The lowest BCUT2D eigenvalue weighted by atomic mass is 10.1. The van der Waals surface area contributed by atoms with E-state index in [1.54, 1.807) is 18.0 Å². The maximum absolute atomic E-state index is 6.21. The van der Waals surface area contributed by atoms with Gasteiger partial charge in [-0.15, -0.1) is 11.8 Å². The molecule has 90 valence electrons. The lowest BCUT2D eigenvalue weighted by molar-refractivity contribution is 0.530. The number of nitrogens with two attached hydrogens (primary N) is 1. The van der Waals surface area contributed by atoms with Crippen molar-refractivity contribution < 1.29 is 4.42 Å². The van der Waals surface area contributed by atoms with Crippen LogP contribution in [0.15, 0.2) is 45.9 Å². The highest BCUT2D eigenvalue weighted by atomic mass is 35.5. The van der Waals surface area contributed by atoms with Crippen LogP contribution in [-0.2, 0) is 12.2 Å². The highest BCUT2D eigenvalue weighted by Gasteiger charge is 2.08. The molecule has 0 unspecified atom stereocenters. The lowest BCUT2D eigenvalue weighted by Gasteiger charge is -2.09. The molecule has 0 radical (unpaired) electrons. The fourth-order valence-corrected chi connectivity index (χ4v) is 2.98. The van der Waals surface area contributed by atoms with Gasteiger partial charge in [0.1, 0.15) is 5.76 Å². The molecule has 1 aromatic heterocycles. The van der Waals surface area contributed by atoms with Gasteiger partial charge in [-0.25, -0.2) is 0 Å². The molecule has 1 heterocycles. The van der Waals surface area contributed by atoms with Gasteiger partial charge in [-0.05, 0) is 36.7 Å². The van der Waals surface area contributed by atoms with Crippen LogP contribution in [-0.4, -0.2) is 6.54 Å². The normalized spacial score (nSPS) is 10.7. The number of hydrogen-bond acceptors (Lipinski definition) is 3. The number of hydrogen-bond donors (Lipinski definition) is 1. The van der Waals surface area contributed by atoms with Gasteiger partial charge in [-0.1, -0.05) is 23.7 Å². The molecule has 0 bridgehead atoms. The van der Waals surface area contributed by atoms with Crippen molar-refractivity contribution in [1.82, 2.24) is 0 Å². The Hall–Kier alpha value is -0.900. The first-order valence-electron chi connectivity index (χ1n) is 5.44. The Labute approximate surface area is 110 Å². The van der Waals surface area contributed by atoms with E-state index in [9.17, 15) is 0 Å². The monoisotopic (exact) mass is 267 g/mol. The average Bonchev–Trinajstić information content (AvgIpc) is 2.82. The van der Waals surface area contributed by atoms with Gasteiger partial charge in [0.05, 0.1) is 17.0 Å². The van der Waals surface area contributed by atoms with E-state index < -0.39 is 0 Å². The second-order valence-electron chi connectivity index (χ2n) is 3.63. The standard InChI is InChI=1S/C13H14ClNOS/c14-12-5-1-3-10(6-7-15)13(12)17-9-11-4-2-8-16-11/h1-5,8H,6-7,9,15H2. The van der Waals surface area contributed by atoms with Crippen LogP contribution in [0.1, 0.15) is 11.3 Å². The van der Waals surface area contributed by atoms with Crippen LogP contribution in [0.25, 0.3) is 0 Å². The molecule has 0 saturated heterocycles. The number of thioether (sulfide) groups is 1. The van der Waals surface area contributed by atoms with Crippen molar-refractivity contribution in [2.75, 3.05) is 6.54 Å².